The number of rotatable bonds is 3. The number of nitrogens with zero attached hydrogens (tertiary/aromatic N) is 2. The highest BCUT2D eigenvalue weighted by Gasteiger charge is 2.26. The van der Waals surface area contributed by atoms with E-state index in [-0.39, 0.29) is 22.9 Å². The van der Waals surface area contributed by atoms with Crippen molar-refractivity contribution in [2.45, 2.75) is 25.9 Å². The molecule has 6 heteroatoms. The van der Waals surface area contributed by atoms with Gasteiger partial charge in [0.15, 0.2) is 0 Å². The minimum Gasteiger partial charge on any atom is -0.377 e. The molecule has 1 aliphatic rings. The predicted octanol–water partition coefficient (Wildman–Crippen LogP) is 3.03. The molecule has 0 N–H and O–H groups in total. The average Bonchev–Trinajstić information content (AvgIpc) is 2.41. The Kier molecular flexibility index (Phi) is 5.02. The van der Waals surface area contributed by atoms with Gasteiger partial charge in [-0.15, -0.1) is 0 Å². The number of piperidine rings is 1. The van der Waals surface area contributed by atoms with Crippen LogP contribution in [0.1, 0.15) is 30.3 Å². The van der Waals surface area contributed by atoms with Gasteiger partial charge in [0.05, 0.1) is 11.1 Å². The fourth-order valence-electron chi connectivity index (χ4n) is 2.21. The van der Waals surface area contributed by atoms with E-state index in [1.165, 1.54) is 0 Å². The van der Waals surface area contributed by atoms with Crippen molar-refractivity contribution in [1.82, 2.24) is 9.88 Å². The highest BCUT2D eigenvalue weighted by atomic mass is 35.5. The van der Waals surface area contributed by atoms with Crippen LogP contribution >= 0.6 is 23.2 Å². The van der Waals surface area contributed by atoms with Gasteiger partial charge in [0.2, 0.25) is 0 Å². The van der Waals surface area contributed by atoms with Crippen molar-refractivity contribution in [1.29, 1.82) is 0 Å². The number of hydrogen-bond donors (Lipinski definition) is 0. The summed E-state index contributed by atoms with van der Waals surface area (Å²) in [5, 5.41) is 0.596. The monoisotopic (exact) mass is 302 g/mol. The van der Waals surface area contributed by atoms with Crippen LogP contribution in [0.2, 0.25) is 10.2 Å². The number of aromatic nitrogens is 1. The molecule has 0 aliphatic carbocycles. The van der Waals surface area contributed by atoms with Gasteiger partial charge in [-0.1, -0.05) is 23.2 Å². The number of ether oxygens (including phenoxy) is 1. The van der Waals surface area contributed by atoms with Crippen molar-refractivity contribution >= 4 is 29.1 Å². The number of amides is 1. The second kappa shape index (κ2) is 6.55. The Morgan fingerprint density at radius 3 is 3.05 bits per heavy atom. The molecule has 1 atom stereocenters. The van der Waals surface area contributed by atoms with E-state index >= 15 is 0 Å². The minimum absolute atomic E-state index is 0.0978. The number of pyridine rings is 1. The molecular weight excluding hydrogens is 287 g/mol. The van der Waals surface area contributed by atoms with Crippen LogP contribution in [0.25, 0.3) is 0 Å². The number of hydrogen-bond acceptors (Lipinski definition) is 3. The van der Waals surface area contributed by atoms with E-state index in [4.69, 9.17) is 27.9 Å². The predicted molar refractivity (Wildman–Crippen MR) is 74.8 cm³/mol. The van der Waals surface area contributed by atoms with Gasteiger partial charge >= 0.3 is 0 Å². The first-order valence-corrected chi connectivity index (χ1v) is 7.10. The summed E-state index contributed by atoms with van der Waals surface area (Å²) in [5.74, 6) is -0.183. The molecule has 104 valence electrons. The summed E-state index contributed by atoms with van der Waals surface area (Å²) in [4.78, 5) is 18.1. The van der Waals surface area contributed by atoms with Gasteiger partial charge in [0, 0.05) is 19.7 Å². The van der Waals surface area contributed by atoms with Gasteiger partial charge in [0.25, 0.3) is 5.91 Å². The van der Waals surface area contributed by atoms with Crippen molar-refractivity contribution in [3.63, 3.8) is 0 Å². The lowest BCUT2D eigenvalue weighted by atomic mass is 10.1. The van der Waals surface area contributed by atoms with Gasteiger partial charge in [0.1, 0.15) is 10.8 Å². The topological polar surface area (TPSA) is 42.4 Å². The molecule has 4 nitrogen and oxygen atoms in total. The van der Waals surface area contributed by atoms with Gasteiger partial charge in [-0.25, -0.2) is 4.98 Å². The van der Waals surface area contributed by atoms with Crippen molar-refractivity contribution < 1.29 is 9.53 Å². The van der Waals surface area contributed by atoms with Crippen LogP contribution < -0.4 is 0 Å². The molecule has 0 aromatic carbocycles. The minimum atomic E-state index is -0.183. The quantitative estimate of drug-likeness (QED) is 0.806. The zero-order valence-electron chi connectivity index (χ0n) is 10.7. The fraction of sp³-hybridized carbons (Fsp3) is 0.538. The van der Waals surface area contributed by atoms with Gasteiger partial charge < -0.3 is 9.64 Å². The lowest BCUT2D eigenvalue weighted by Crippen LogP contribution is -2.43. The van der Waals surface area contributed by atoms with Gasteiger partial charge in [-0.2, -0.15) is 0 Å². The van der Waals surface area contributed by atoms with Crippen molar-refractivity contribution in [3.8, 4) is 0 Å². The summed E-state index contributed by atoms with van der Waals surface area (Å²) >= 11 is 11.8. The Bertz CT molecular complexity index is 466. The Labute approximate surface area is 122 Å². The Morgan fingerprint density at radius 2 is 2.32 bits per heavy atom. The molecule has 1 aliphatic heterocycles. The fourth-order valence-corrected chi connectivity index (χ4v) is 2.55. The van der Waals surface area contributed by atoms with E-state index in [0.717, 1.165) is 12.8 Å². The average molecular weight is 303 g/mol. The van der Waals surface area contributed by atoms with Gasteiger partial charge in [-0.05, 0) is 31.9 Å². The molecule has 0 radical (unpaired) electrons. The van der Waals surface area contributed by atoms with Crippen LogP contribution in [0, 0.1) is 0 Å². The summed E-state index contributed by atoms with van der Waals surface area (Å²) in [6.07, 6.45) is 2.00. The van der Waals surface area contributed by atoms with Crippen LogP contribution in [0.15, 0.2) is 12.1 Å². The van der Waals surface area contributed by atoms with Crippen molar-refractivity contribution in [2.24, 2.45) is 0 Å². The number of likely N-dealkylation sites (tertiary alicyclic amines) is 1. The molecule has 1 aromatic rings. The van der Waals surface area contributed by atoms with E-state index in [2.05, 4.69) is 4.98 Å². The molecule has 0 bridgehead atoms. The molecule has 2 rings (SSSR count). The Balaban J connectivity index is 2.12. The maximum atomic E-state index is 12.4. The largest absolute Gasteiger partial charge is 0.377 e. The molecule has 1 unspecified atom stereocenters. The molecule has 0 saturated carbocycles. The molecule has 0 spiro atoms. The normalized spacial score (nSPS) is 19.5. The van der Waals surface area contributed by atoms with Crippen molar-refractivity contribution in [2.75, 3.05) is 19.7 Å². The lowest BCUT2D eigenvalue weighted by Gasteiger charge is -2.32. The molecular formula is C13H16Cl2N2O2. The zero-order valence-corrected chi connectivity index (χ0v) is 12.2. The first-order chi connectivity index (χ1) is 9.11. The van der Waals surface area contributed by atoms with Crippen LogP contribution in [-0.4, -0.2) is 41.6 Å². The van der Waals surface area contributed by atoms with Crippen LogP contribution in [0.5, 0.6) is 0 Å². The van der Waals surface area contributed by atoms with E-state index in [0.29, 0.717) is 24.7 Å². The van der Waals surface area contributed by atoms with Gasteiger partial charge in [-0.3, -0.25) is 4.79 Å². The highest BCUT2D eigenvalue weighted by molar-refractivity contribution is 6.34. The SMILES string of the molecule is CCOC1CCCN(C(=O)c2nc(Cl)ccc2Cl)C1. The lowest BCUT2D eigenvalue weighted by molar-refractivity contribution is 0.00704. The molecule has 1 amide bonds. The number of halogens is 2. The van der Waals surface area contributed by atoms with Crippen LogP contribution in [0.4, 0.5) is 0 Å². The number of carbonyl (C=O) groups is 1. The van der Waals surface area contributed by atoms with Crippen LogP contribution in [0.3, 0.4) is 0 Å². The third kappa shape index (κ3) is 3.59. The molecule has 1 aromatic heterocycles. The zero-order chi connectivity index (χ0) is 13.8. The second-order valence-electron chi connectivity index (χ2n) is 4.44. The maximum absolute atomic E-state index is 12.4. The third-order valence-corrected chi connectivity index (χ3v) is 3.60. The maximum Gasteiger partial charge on any atom is 0.274 e. The summed E-state index contributed by atoms with van der Waals surface area (Å²) in [6.45, 7) is 3.89. The summed E-state index contributed by atoms with van der Waals surface area (Å²) in [6, 6.07) is 3.16. The smallest absolute Gasteiger partial charge is 0.274 e. The van der Waals surface area contributed by atoms with Crippen LogP contribution in [-0.2, 0) is 4.74 Å². The molecule has 1 saturated heterocycles. The van der Waals surface area contributed by atoms with E-state index in [1.54, 1.807) is 17.0 Å². The third-order valence-electron chi connectivity index (χ3n) is 3.08. The number of carbonyl (C=O) groups excluding carboxylic acids is 1. The van der Waals surface area contributed by atoms with Crippen molar-refractivity contribution in [3.05, 3.63) is 28.0 Å². The van der Waals surface area contributed by atoms with E-state index in [9.17, 15) is 4.79 Å². The Hall–Kier alpha value is -0.840. The molecule has 19 heavy (non-hydrogen) atoms. The first kappa shape index (κ1) is 14.6. The second-order valence-corrected chi connectivity index (χ2v) is 5.23. The summed E-state index contributed by atoms with van der Waals surface area (Å²) < 4.78 is 5.58. The molecule has 1 fully saturated rings. The highest BCUT2D eigenvalue weighted by Crippen LogP contribution is 2.21. The molecule has 2 heterocycles. The summed E-state index contributed by atoms with van der Waals surface area (Å²) in [7, 11) is 0. The standard InChI is InChI=1S/C13H16Cl2N2O2/c1-2-19-9-4-3-7-17(8-9)13(18)12-10(14)5-6-11(15)16-12/h5-6,9H,2-4,7-8H2,1H3. The first-order valence-electron chi connectivity index (χ1n) is 6.34. The van der Waals surface area contributed by atoms with E-state index < -0.39 is 0 Å². The summed E-state index contributed by atoms with van der Waals surface area (Å²) in [5.41, 5.74) is 0.214. The van der Waals surface area contributed by atoms with E-state index in [1.807, 2.05) is 6.92 Å². The Morgan fingerprint density at radius 1 is 1.53 bits per heavy atom.